The normalized spacial score (nSPS) is 44.5. The van der Waals surface area contributed by atoms with Gasteiger partial charge in [-0.3, -0.25) is 8.98 Å². The Balaban J connectivity index is 1.64. The summed E-state index contributed by atoms with van der Waals surface area (Å²) in [4.78, 5) is 25.3. The molecule has 39 heavy (non-hydrogen) atoms. The summed E-state index contributed by atoms with van der Waals surface area (Å²) in [5, 5.41) is 11.6. The highest BCUT2D eigenvalue weighted by molar-refractivity contribution is 8.30. The number of furan rings is 1. The predicted molar refractivity (Wildman–Crippen MR) is 137 cm³/mol. The van der Waals surface area contributed by atoms with E-state index >= 15 is 8.78 Å². The van der Waals surface area contributed by atoms with Crippen LogP contribution in [0, 0.1) is 28.6 Å². The highest BCUT2D eigenvalue weighted by Crippen LogP contribution is 2.71. The molecule has 3 fully saturated rings. The van der Waals surface area contributed by atoms with Gasteiger partial charge in [0.25, 0.3) is 0 Å². The van der Waals surface area contributed by atoms with E-state index in [4.69, 9.17) is 24.5 Å². The molecule has 0 bridgehead atoms. The van der Waals surface area contributed by atoms with Crippen molar-refractivity contribution in [2.75, 3.05) is 12.6 Å². The fourth-order valence-electron chi connectivity index (χ4n) is 8.14. The molecule has 214 valence electrons. The van der Waals surface area contributed by atoms with E-state index in [1.807, 2.05) is 0 Å². The summed E-state index contributed by atoms with van der Waals surface area (Å²) in [6.45, 7) is 3.45. The number of rotatable bonds is 6. The Hall–Kier alpha value is -2.02. The summed E-state index contributed by atoms with van der Waals surface area (Å²) in [6.07, 6.45) is 1.22. The zero-order valence-corrected chi connectivity index (χ0v) is 23.4. The predicted octanol–water partition coefficient (Wildman–Crippen LogP) is 4.34. The van der Waals surface area contributed by atoms with Crippen LogP contribution in [0.2, 0.25) is 0 Å². The van der Waals surface area contributed by atoms with Gasteiger partial charge in [-0.05, 0) is 67.9 Å². The number of allylic oxidation sites excluding steroid dienone is 4. The molecule has 3 saturated carbocycles. The van der Waals surface area contributed by atoms with Crippen LogP contribution in [0.15, 0.2) is 46.6 Å². The Kier molecular flexibility index (Phi) is 6.76. The van der Waals surface area contributed by atoms with Crippen molar-refractivity contribution in [3.8, 4) is 0 Å². The number of halogens is 3. The number of aliphatic hydroxyl groups excluding tert-OH is 1. The number of ether oxygens (including phenoxy) is 1. The number of carbonyl (C=O) groups is 2. The minimum atomic E-state index is -3.78. The standard InChI is InChI=1S/C27H31F3O7S2/c1-15-9-17-18-11-20(29)19-10-16(31)6-7-24(19,2)27(18,30)22(32)12-25(17,3)26(15,13-39(34,38)36-14-28)37-23(33)21-5-4-8-35-21/h4-8,10,15,17-18,20,22,32H,9,11-14H2,1-3H3/t15?,17-,18-,20?,22?,24-,25-,26?,27-,39?/m0/s1. The smallest absolute Gasteiger partial charge is 0.374 e. The number of aliphatic hydroxyl groups is 1. The van der Waals surface area contributed by atoms with E-state index in [1.54, 1.807) is 13.8 Å². The van der Waals surface area contributed by atoms with Crippen molar-refractivity contribution >= 4 is 31.7 Å². The number of hydrogen-bond acceptors (Lipinski definition) is 8. The van der Waals surface area contributed by atoms with Crippen LogP contribution in [-0.2, 0) is 33.7 Å². The number of carbonyl (C=O) groups excluding carboxylic acids is 2. The average Bonchev–Trinajstić information content (AvgIpc) is 3.45. The van der Waals surface area contributed by atoms with Crippen molar-refractivity contribution in [2.45, 2.75) is 63.6 Å². The highest BCUT2D eigenvalue weighted by atomic mass is 32.8. The Bertz CT molecular complexity index is 1340. The fourth-order valence-corrected chi connectivity index (χ4v) is 10.2. The summed E-state index contributed by atoms with van der Waals surface area (Å²) in [5.41, 5.74) is -6.91. The number of hydrogen-bond donors (Lipinski definition) is 1. The zero-order valence-electron chi connectivity index (χ0n) is 21.7. The van der Waals surface area contributed by atoms with Crippen LogP contribution >= 0.6 is 0 Å². The number of fused-ring (bicyclic) bond motifs is 5. The van der Waals surface area contributed by atoms with Gasteiger partial charge in [0.2, 0.25) is 12.6 Å². The molecule has 0 spiro atoms. The first-order valence-electron chi connectivity index (χ1n) is 12.8. The van der Waals surface area contributed by atoms with Crippen LogP contribution in [0.1, 0.15) is 50.6 Å². The molecular weight excluding hydrogens is 557 g/mol. The molecule has 0 amide bonds. The molecular formula is C27H31F3O7S2. The van der Waals surface area contributed by atoms with E-state index in [-0.39, 0.29) is 30.6 Å². The van der Waals surface area contributed by atoms with Gasteiger partial charge in [0.1, 0.15) is 11.8 Å². The summed E-state index contributed by atoms with van der Waals surface area (Å²) < 4.78 is 75.6. The van der Waals surface area contributed by atoms with Gasteiger partial charge in [-0.25, -0.2) is 22.2 Å². The molecule has 0 aromatic carbocycles. The summed E-state index contributed by atoms with van der Waals surface area (Å²) >= 11 is 5.10. The Morgan fingerprint density at radius 1 is 1.31 bits per heavy atom. The second kappa shape index (κ2) is 9.25. The third kappa shape index (κ3) is 3.92. The first-order chi connectivity index (χ1) is 18.1. The zero-order chi connectivity index (χ0) is 28.6. The van der Waals surface area contributed by atoms with Crippen LogP contribution < -0.4 is 0 Å². The number of alkyl halides is 3. The van der Waals surface area contributed by atoms with Gasteiger partial charge in [-0.1, -0.05) is 19.9 Å². The van der Waals surface area contributed by atoms with E-state index < -0.39 is 85.3 Å². The summed E-state index contributed by atoms with van der Waals surface area (Å²) in [6, 6.07) is 2.86. The van der Waals surface area contributed by atoms with E-state index in [9.17, 15) is 23.3 Å². The fraction of sp³-hybridized carbons (Fsp3) is 0.630. The molecule has 1 aromatic rings. The first kappa shape index (κ1) is 28.5. The Morgan fingerprint density at radius 2 is 2.03 bits per heavy atom. The van der Waals surface area contributed by atoms with Gasteiger partial charge in [-0.2, -0.15) is 0 Å². The lowest BCUT2D eigenvalue weighted by atomic mass is 9.44. The molecule has 1 heterocycles. The van der Waals surface area contributed by atoms with Gasteiger partial charge >= 0.3 is 5.97 Å². The summed E-state index contributed by atoms with van der Waals surface area (Å²) in [5.74, 6) is -4.42. The topological polar surface area (TPSA) is 103 Å². The maximum atomic E-state index is 17.5. The molecule has 12 heteroatoms. The van der Waals surface area contributed by atoms with Crippen molar-refractivity contribution < 1.29 is 45.4 Å². The molecule has 4 aliphatic rings. The quantitative estimate of drug-likeness (QED) is 0.490. The molecule has 4 aliphatic carbocycles. The van der Waals surface area contributed by atoms with Crippen molar-refractivity contribution in [1.29, 1.82) is 0 Å². The SMILES string of the molecule is CC1C[C@H]2[C@@H]3CC(F)C4=CC(=O)C=C[C@]4(C)[C@@]3(F)C(O)C[C@]2(C)C1(CS(=O)(=S)OCF)OC(=O)c1ccco1. The van der Waals surface area contributed by atoms with Crippen LogP contribution in [0.4, 0.5) is 13.2 Å². The summed E-state index contributed by atoms with van der Waals surface area (Å²) in [7, 11) is -3.78. The van der Waals surface area contributed by atoms with Crippen molar-refractivity contribution in [3.63, 3.8) is 0 Å². The van der Waals surface area contributed by atoms with Gasteiger partial charge in [0.05, 0.1) is 18.1 Å². The van der Waals surface area contributed by atoms with Crippen LogP contribution in [-0.4, -0.2) is 57.2 Å². The average molecular weight is 589 g/mol. The van der Waals surface area contributed by atoms with Gasteiger partial charge in [-0.15, -0.1) is 0 Å². The van der Waals surface area contributed by atoms with Crippen LogP contribution in [0.5, 0.6) is 0 Å². The third-order valence-electron chi connectivity index (χ3n) is 10.0. The largest absolute Gasteiger partial charge is 0.457 e. The number of esters is 1. The Morgan fingerprint density at radius 3 is 2.67 bits per heavy atom. The second-order valence-corrected chi connectivity index (χ2v) is 14.8. The van der Waals surface area contributed by atoms with Crippen LogP contribution in [0.3, 0.4) is 0 Å². The molecule has 5 rings (SSSR count). The monoisotopic (exact) mass is 588 g/mol. The second-order valence-electron chi connectivity index (χ2n) is 11.7. The first-order valence-corrected chi connectivity index (χ1v) is 15.4. The lowest BCUT2D eigenvalue weighted by Gasteiger charge is -2.63. The molecule has 1 aromatic heterocycles. The van der Waals surface area contributed by atoms with Crippen molar-refractivity contribution in [3.05, 3.63) is 48.0 Å². The molecule has 5 unspecified atom stereocenters. The van der Waals surface area contributed by atoms with Gasteiger partial charge < -0.3 is 14.3 Å². The maximum absolute atomic E-state index is 17.5. The third-order valence-corrected chi connectivity index (χ3v) is 11.9. The van der Waals surface area contributed by atoms with E-state index in [1.165, 1.54) is 37.5 Å². The number of ketones is 1. The minimum Gasteiger partial charge on any atom is -0.457 e. The van der Waals surface area contributed by atoms with Gasteiger partial charge in [0, 0.05) is 27.9 Å². The molecule has 10 atom stereocenters. The molecule has 1 N–H and O–H groups in total. The molecule has 0 radical (unpaired) electrons. The molecule has 0 saturated heterocycles. The van der Waals surface area contributed by atoms with Crippen molar-refractivity contribution in [2.24, 2.45) is 28.6 Å². The minimum absolute atomic E-state index is 0.0112. The van der Waals surface area contributed by atoms with E-state index in [0.717, 1.165) is 6.08 Å². The maximum Gasteiger partial charge on any atom is 0.374 e. The lowest BCUT2D eigenvalue weighted by Crippen LogP contribution is -2.70. The van der Waals surface area contributed by atoms with Crippen molar-refractivity contribution in [1.82, 2.24) is 0 Å². The van der Waals surface area contributed by atoms with Gasteiger partial charge in [0.15, 0.2) is 20.2 Å². The molecule has 7 nitrogen and oxygen atoms in total. The van der Waals surface area contributed by atoms with E-state index in [2.05, 4.69) is 0 Å². The Labute approximate surface area is 229 Å². The van der Waals surface area contributed by atoms with E-state index in [0.29, 0.717) is 0 Å². The highest BCUT2D eigenvalue weighted by Gasteiger charge is 2.77. The lowest BCUT2D eigenvalue weighted by molar-refractivity contribution is -0.221. The molecule has 0 aliphatic heterocycles. The van der Waals surface area contributed by atoms with Crippen LogP contribution in [0.25, 0.3) is 0 Å².